The molecule has 0 spiro atoms. The summed E-state index contributed by atoms with van der Waals surface area (Å²) < 4.78 is 5.69. The zero-order valence-corrected chi connectivity index (χ0v) is 12.4. The number of halogens is 1. The molecule has 1 unspecified atom stereocenters. The molecule has 0 radical (unpaired) electrons. The molecule has 2 rings (SSSR count). The molecular weight excluding hydrogens is 270 g/mol. The summed E-state index contributed by atoms with van der Waals surface area (Å²) in [5.41, 5.74) is 3.02. The van der Waals surface area contributed by atoms with Crippen LogP contribution in [0.25, 0.3) is 0 Å². The average Bonchev–Trinajstić information content (AvgIpc) is 2.84. The van der Waals surface area contributed by atoms with Crippen LogP contribution in [0.1, 0.15) is 27.9 Å². The van der Waals surface area contributed by atoms with Crippen molar-refractivity contribution in [2.45, 2.75) is 26.3 Å². The lowest BCUT2D eigenvalue weighted by molar-refractivity contribution is 0.596. The Hall–Kier alpha value is -0.980. The van der Waals surface area contributed by atoms with E-state index in [0.717, 1.165) is 28.2 Å². The summed E-state index contributed by atoms with van der Waals surface area (Å²) in [4.78, 5) is 1.15. The maximum atomic E-state index is 6.26. The zero-order valence-electron chi connectivity index (χ0n) is 10.9. The smallest absolute Gasteiger partial charge is 0.130 e. The molecule has 2 heterocycles. The van der Waals surface area contributed by atoms with Gasteiger partial charge in [-0.2, -0.15) is 5.10 Å². The molecule has 98 valence electrons. The van der Waals surface area contributed by atoms with E-state index in [0.29, 0.717) is 5.15 Å². The van der Waals surface area contributed by atoms with Crippen LogP contribution in [-0.2, 0) is 13.5 Å². The summed E-state index contributed by atoms with van der Waals surface area (Å²) in [5.74, 6) is 0. The summed E-state index contributed by atoms with van der Waals surface area (Å²) in [7, 11) is 3.79. The van der Waals surface area contributed by atoms with E-state index >= 15 is 0 Å². The van der Waals surface area contributed by atoms with Gasteiger partial charge in [0.2, 0.25) is 0 Å². The molecule has 5 nitrogen and oxygen atoms in total. The number of likely N-dealkylation sites (N-methyl/N-ethyl adjacent to an activating group) is 1. The summed E-state index contributed by atoms with van der Waals surface area (Å²) >= 11 is 7.69. The van der Waals surface area contributed by atoms with Gasteiger partial charge >= 0.3 is 0 Å². The average molecular weight is 286 g/mol. The zero-order chi connectivity index (χ0) is 13.3. The largest absolute Gasteiger partial charge is 0.312 e. The second-order valence-electron chi connectivity index (χ2n) is 4.25. The van der Waals surface area contributed by atoms with Gasteiger partial charge in [-0.25, -0.2) is 0 Å². The molecule has 1 atom stereocenters. The highest BCUT2D eigenvalue weighted by molar-refractivity contribution is 7.05. The van der Waals surface area contributed by atoms with E-state index in [1.54, 1.807) is 4.68 Å². The SMILES string of the molecule is CNC(Cc1c(C)nn(C)c1Cl)c1snnc1C. The highest BCUT2D eigenvalue weighted by Gasteiger charge is 2.20. The van der Waals surface area contributed by atoms with Gasteiger partial charge in [0.05, 0.1) is 16.3 Å². The second-order valence-corrected chi connectivity index (χ2v) is 5.39. The van der Waals surface area contributed by atoms with E-state index in [1.165, 1.54) is 11.5 Å². The number of aromatic nitrogens is 4. The van der Waals surface area contributed by atoms with Gasteiger partial charge in [0.25, 0.3) is 0 Å². The lowest BCUT2D eigenvalue weighted by Gasteiger charge is -2.14. The fraction of sp³-hybridized carbons (Fsp3) is 0.545. The normalized spacial score (nSPS) is 12.9. The van der Waals surface area contributed by atoms with Gasteiger partial charge in [-0.15, -0.1) is 5.10 Å². The van der Waals surface area contributed by atoms with Crippen LogP contribution in [0.5, 0.6) is 0 Å². The number of hydrogen-bond acceptors (Lipinski definition) is 5. The number of nitrogens with zero attached hydrogens (tertiary/aromatic N) is 4. The predicted molar refractivity (Wildman–Crippen MR) is 73.1 cm³/mol. The van der Waals surface area contributed by atoms with E-state index in [9.17, 15) is 0 Å². The molecule has 1 N–H and O–H groups in total. The molecule has 2 aromatic rings. The first kappa shape index (κ1) is 13.5. The number of aryl methyl sites for hydroxylation is 3. The quantitative estimate of drug-likeness (QED) is 0.934. The maximum absolute atomic E-state index is 6.26. The van der Waals surface area contributed by atoms with Crippen LogP contribution in [-0.4, -0.2) is 26.4 Å². The minimum absolute atomic E-state index is 0.172. The van der Waals surface area contributed by atoms with Gasteiger partial charge < -0.3 is 5.32 Å². The molecule has 7 heteroatoms. The van der Waals surface area contributed by atoms with Crippen LogP contribution in [0, 0.1) is 13.8 Å². The highest BCUT2D eigenvalue weighted by Crippen LogP contribution is 2.28. The highest BCUT2D eigenvalue weighted by atomic mass is 35.5. The van der Waals surface area contributed by atoms with Crippen molar-refractivity contribution in [1.29, 1.82) is 0 Å². The first-order valence-corrected chi connectivity index (χ1v) is 6.83. The maximum Gasteiger partial charge on any atom is 0.130 e. The van der Waals surface area contributed by atoms with E-state index < -0.39 is 0 Å². The molecule has 0 aliphatic carbocycles. The molecule has 0 amide bonds. The van der Waals surface area contributed by atoms with Crippen molar-refractivity contribution >= 4 is 23.1 Å². The van der Waals surface area contributed by atoms with Crippen LogP contribution < -0.4 is 5.32 Å². The van der Waals surface area contributed by atoms with Gasteiger partial charge in [0.1, 0.15) is 5.15 Å². The fourth-order valence-corrected chi connectivity index (χ4v) is 3.00. The second kappa shape index (κ2) is 5.34. The van der Waals surface area contributed by atoms with Gasteiger partial charge in [-0.05, 0) is 38.8 Å². The van der Waals surface area contributed by atoms with E-state index in [4.69, 9.17) is 11.6 Å². The summed E-state index contributed by atoms with van der Waals surface area (Å²) in [5, 5.41) is 12.4. The minimum atomic E-state index is 0.172. The number of rotatable bonds is 4. The van der Waals surface area contributed by atoms with Gasteiger partial charge in [0, 0.05) is 18.7 Å². The Balaban J connectivity index is 2.29. The van der Waals surface area contributed by atoms with Crippen molar-refractivity contribution in [2.75, 3.05) is 7.05 Å². The van der Waals surface area contributed by atoms with Gasteiger partial charge in [0.15, 0.2) is 0 Å². The Morgan fingerprint density at radius 1 is 1.39 bits per heavy atom. The predicted octanol–water partition coefficient (Wildman–Crippen LogP) is 2.05. The summed E-state index contributed by atoms with van der Waals surface area (Å²) in [6.07, 6.45) is 0.791. The van der Waals surface area contributed by atoms with Crippen LogP contribution in [0.4, 0.5) is 0 Å². The van der Waals surface area contributed by atoms with Crippen molar-refractivity contribution in [3.63, 3.8) is 0 Å². The van der Waals surface area contributed by atoms with Crippen molar-refractivity contribution in [1.82, 2.24) is 24.7 Å². The van der Waals surface area contributed by atoms with E-state index in [2.05, 4.69) is 20.0 Å². The monoisotopic (exact) mass is 285 g/mol. The minimum Gasteiger partial charge on any atom is -0.312 e. The third kappa shape index (κ3) is 2.41. The number of nitrogens with one attached hydrogen (secondary N) is 1. The lowest BCUT2D eigenvalue weighted by atomic mass is 10.0. The van der Waals surface area contributed by atoms with Crippen molar-refractivity contribution in [2.24, 2.45) is 7.05 Å². The van der Waals surface area contributed by atoms with Crippen LogP contribution in [0.2, 0.25) is 5.15 Å². The summed E-state index contributed by atoms with van der Waals surface area (Å²) in [6, 6.07) is 0.172. The Morgan fingerprint density at radius 2 is 2.11 bits per heavy atom. The Morgan fingerprint density at radius 3 is 2.56 bits per heavy atom. The Kier molecular flexibility index (Phi) is 3.99. The molecule has 2 aromatic heterocycles. The number of hydrogen-bond donors (Lipinski definition) is 1. The van der Waals surface area contributed by atoms with E-state index in [-0.39, 0.29) is 6.04 Å². The van der Waals surface area contributed by atoms with Crippen LogP contribution in [0.15, 0.2) is 0 Å². The van der Waals surface area contributed by atoms with Gasteiger partial charge in [-0.1, -0.05) is 16.1 Å². The molecule has 0 bridgehead atoms. The summed E-state index contributed by atoms with van der Waals surface area (Å²) in [6.45, 7) is 3.95. The Labute approximate surface area is 115 Å². The molecule has 0 aliphatic heterocycles. The molecule has 0 aliphatic rings. The van der Waals surface area contributed by atoms with Crippen molar-refractivity contribution in [3.05, 3.63) is 27.0 Å². The van der Waals surface area contributed by atoms with Crippen molar-refractivity contribution in [3.8, 4) is 0 Å². The first-order valence-electron chi connectivity index (χ1n) is 5.68. The molecule has 18 heavy (non-hydrogen) atoms. The standard InChI is InChI=1S/C11H16ClN5S/c1-6-8(11(12)17(4)15-6)5-9(13-3)10-7(2)14-16-18-10/h9,13H,5H2,1-4H3. The van der Waals surface area contributed by atoms with Crippen LogP contribution >= 0.6 is 23.1 Å². The Bertz CT molecular complexity index is 548. The van der Waals surface area contributed by atoms with E-state index in [1.807, 2.05) is 27.9 Å². The van der Waals surface area contributed by atoms with Crippen molar-refractivity contribution < 1.29 is 0 Å². The van der Waals surface area contributed by atoms with Gasteiger partial charge in [-0.3, -0.25) is 4.68 Å². The molecule has 0 saturated heterocycles. The first-order chi connectivity index (χ1) is 8.54. The van der Waals surface area contributed by atoms with Crippen LogP contribution in [0.3, 0.4) is 0 Å². The molecule has 0 saturated carbocycles. The fourth-order valence-electron chi connectivity index (χ4n) is 1.99. The molecular formula is C11H16ClN5S. The lowest BCUT2D eigenvalue weighted by Crippen LogP contribution is -2.19. The topological polar surface area (TPSA) is 55.6 Å². The molecule has 0 fully saturated rings. The third-order valence-corrected chi connectivity index (χ3v) is 4.44. The third-order valence-electron chi connectivity index (χ3n) is 3.03. The molecule has 0 aromatic carbocycles.